The zero-order chi connectivity index (χ0) is 22.1. The molecule has 3 N–H and O–H groups in total. The zero-order valence-corrected chi connectivity index (χ0v) is 18.8. The molecule has 0 heterocycles. The van der Waals surface area contributed by atoms with E-state index in [1.165, 1.54) is 23.9 Å². The summed E-state index contributed by atoms with van der Waals surface area (Å²) in [7, 11) is -3.82. The monoisotopic (exact) mass is 449 g/mol. The topological polar surface area (TPSA) is 104 Å². The number of sulfonamides is 1. The minimum absolute atomic E-state index is 0.0979. The minimum atomic E-state index is -3.82. The van der Waals surface area contributed by atoms with Crippen LogP contribution in [0.4, 0.5) is 11.4 Å². The first-order chi connectivity index (χ1) is 14.2. The Labute approximate surface area is 182 Å². The van der Waals surface area contributed by atoms with E-state index in [2.05, 4.69) is 15.4 Å². The van der Waals surface area contributed by atoms with Gasteiger partial charge in [-0.05, 0) is 54.8 Å². The lowest BCUT2D eigenvalue weighted by atomic mass is 10.2. The molecule has 0 aromatic heterocycles. The van der Waals surface area contributed by atoms with E-state index in [1.807, 2.05) is 6.26 Å². The summed E-state index contributed by atoms with van der Waals surface area (Å²) in [6.45, 7) is 3.60. The average Bonchev–Trinajstić information content (AvgIpc) is 2.73. The molecule has 0 saturated heterocycles. The van der Waals surface area contributed by atoms with Crippen LogP contribution in [0, 0.1) is 5.92 Å². The number of rotatable bonds is 10. The second-order valence-electron chi connectivity index (χ2n) is 6.98. The molecule has 162 valence electrons. The molecule has 30 heavy (non-hydrogen) atoms. The molecular weight excluding hydrogens is 422 g/mol. The van der Waals surface area contributed by atoms with Gasteiger partial charge in [-0.2, -0.15) is 16.5 Å². The van der Waals surface area contributed by atoms with Gasteiger partial charge in [0.15, 0.2) is 0 Å². The lowest BCUT2D eigenvalue weighted by Gasteiger charge is -2.18. The quantitative estimate of drug-likeness (QED) is 0.516. The van der Waals surface area contributed by atoms with Crippen molar-refractivity contribution in [3.05, 3.63) is 54.6 Å². The van der Waals surface area contributed by atoms with Crippen molar-refractivity contribution in [3.63, 3.8) is 0 Å². The Morgan fingerprint density at radius 2 is 1.43 bits per heavy atom. The Balaban J connectivity index is 2.09. The van der Waals surface area contributed by atoms with Crippen LogP contribution in [0.3, 0.4) is 0 Å². The molecule has 7 nitrogen and oxygen atoms in total. The average molecular weight is 450 g/mol. The SMILES string of the molecule is CSCCC(NS(=O)(=O)c1ccccc1)C(=O)Nc1ccc(NC(=O)C(C)C)cc1. The van der Waals surface area contributed by atoms with Gasteiger partial charge in [0.25, 0.3) is 0 Å². The van der Waals surface area contributed by atoms with Gasteiger partial charge in [0.1, 0.15) is 6.04 Å². The third-order valence-corrected chi connectivity index (χ3v) is 6.35. The fourth-order valence-electron chi connectivity index (χ4n) is 2.49. The van der Waals surface area contributed by atoms with Crippen molar-refractivity contribution in [3.8, 4) is 0 Å². The Kier molecular flexibility index (Phi) is 8.88. The predicted molar refractivity (Wildman–Crippen MR) is 122 cm³/mol. The van der Waals surface area contributed by atoms with Crippen molar-refractivity contribution < 1.29 is 18.0 Å². The number of anilines is 2. The van der Waals surface area contributed by atoms with Gasteiger partial charge in [-0.1, -0.05) is 32.0 Å². The van der Waals surface area contributed by atoms with E-state index >= 15 is 0 Å². The van der Waals surface area contributed by atoms with Crippen LogP contribution >= 0.6 is 11.8 Å². The Morgan fingerprint density at radius 3 is 1.93 bits per heavy atom. The summed E-state index contributed by atoms with van der Waals surface area (Å²) in [5.74, 6) is -0.0591. The summed E-state index contributed by atoms with van der Waals surface area (Å²) in [5, 5.41) is 5.52. The van der Waals surface area contributed by atoms with E-state index < -0.39 is 22.0 Å². The maximum Gasteiger partial charge on any atom is 0.242 e. The zero-order valence-electron chi connectivity index (χ0n) is 17.2. The molecule has 2 aromatic rings. The van der Waals surface area contributed by atoms with Gasteiger partial charge in [0.05, 0.1) is 4.90 Å². The van der Waals surface area contributed by atoms with Crippen LogP contribution in [-0.2, 0) is 19.6 Å². The molecule has 1 unspecified atom stereocenters. The van der Waals surface area contributed by atoms with Crippen molar-refractivity contribution in [2.24, 2.45) is 5.92 Å². The van der Waals surface area contributed by atoms with Crippen molar-refractivity contribution in [1.29, 1.82) is 0 Å². The van der Waals surface area contributed by atoms with Gasteiger partial charge >= 0.3 is 0 Å². The summed E-state index contributed by atoms with van der Waals surface area (Å²) in [6, 6.07) is 13.7. The lowest BCUT2D eigenvalue weighted by Crippen LogP contribution is -2.44. The number of carbonyl (C=O) groups excluding carboxylic acids is 2. The predicted octanol–water partition coefficient (Wildman–Crippen LogP) is 3.32. The van der Waals surface area contributed by atoms with Crippen LogP contribution in [-0.4, -0.2) is 38.3 Å². The maximum atomic E-state index is 12.8. The normalized spacial score (nSPS) is 12.4. The summed E-state index contributed by atoms with van der Waals surface area (Å²) in [4.78, 5) is 24.6. The molecular formula is C21H27N3O4S2. The lowest BCUT2D eigenvalue weighted by molar-refractivity contribution is -0.119. The molecule has 2 amide bonds. The largest absolute Gasteiger partial charge is 0.326 e. The number of carbonyl (C=O) groups is 2. The Morgan fingerprint density at radius 1 is 0.900 bits per heavy atom. The first-order valence-electron chi connectivity index (χ1n) is 9.51. The molecule has 0 fully saturated rings. The molecule has 0 aliphatic carbocycles. The van der Waals surface area contributed by atoms with Crippen LogP contribution in [0.15, 0.2) is 59.5 Å². The van der Waals surface area contributed by atoms with Crippen molar-refractivity contribution >= 4 is 45.0 Å². The molecule has 0 radical (unpaired) electrons. The summed E-state index contributed by atoms with van der Waals surface area (Å²) < 4.78 is 27.8. The van der Waals surface area contributed by atoms with Crippen LogP contribution in [0.5, 0.6) is 0 Å². The number of benzene rings is 2. The number of hydrogen-bond acceptors (Lipinski definition) is 5. The third kappa shape index (κ3) is 7.16. The highest BCUT2D eigenvalue weighted by Gasteiger charge is 2.25. The highest BCUT2D eigenvalue weighted by molar-refractivity contribution is 7.98. The van der Waals surface area contributed by atoms with E-state index in [9.17, 15) is 18.0 Å². The van der Waals surface area contributed by atoms with Crippen LogP contribution < -0.4 is 15.4 Å². The highest BCUT2D eigenvalue weighted by Crippen LogP contribution is 2.16. The van der Waals surface area contributed by atoms with Gasteiger partial charge in [-0.25, -0.2) is 8.42 Å². The van der Waals surface area contributed by atoms with E-state index in [-0.39, 0.29) is 16.7 Å². The molecule has 0 spiro atoms. The molecule has 0 aliphatic heterocycles. The van der Waals surface area contributed by atoms with Crippen molar-refractivity contribution in [2.45, 2.75) is 31.2 Å². The van der Waals surface area contributed by atoms with E-state index in [1.54, 1.807) is 56.3 Å². The van der Waals surface area contributed by atoms with Crippen LogP contribution in [0.1, 0.15) is 20.3 Å². The molecule has 9 heteroatoms. The van der Waals surface area contributed by atoms with Gasteiger partial charge in [0.2, 0.25) is 21.8 Å². The fraction of sp³-hybridized carbons (Fsp3) is 0.333. The van der Waals surface area contributed by atoms with Crippen LogP contribution in [0.2, 0.25) is 0 Å². The standard InChI is InChI=1S/C21H27N3O4S2/c1-15(2)20(25)22-16-9-11-17(12-10-16)23-21(26)19(13-14-29-3)24-30(27,28)18-7-5-4-6-8-18/h4-12,15,19,24H,13-14H2,1-3H3,(H,22,25)(H,23,26). The third-order valence-electron chi connectivity index (χ3n) is 4.22. The van der Waals surface area contributed by atoms with E-state index in [0.29, 0.717) is 23.5 Å². The maximum absolute atomic E-state index is 12.8. The Hall–Kier alpha value is -2.36. The Bertz CT molecular complexity index is 946. The smallest absolute Gasteiger partial charge is 0.242 e. The second kappa shape index (κ2) is 11.1. The first kappa shape index (κ1) is 23.9. The number of thioether (sulfide) groups is 1. The molecule has 0 saturated carbocycles. The van der Waals surface area contributed by atoms with Gasteiger partial charge < -0.3 is 10.6 Å². The van der Waals surface area contributed by atoms with Gasteiger partial charge in [-0.3, -0.25) is 9.59 Å². The van der Waals surface area contributed by atoms with Crippen LogP contribution in [0.25, 0.3) is 0 Å². The number of amides is 2. The molecule has 2 aromatic carbocycles. The molecule has 1 atom stereocenters. The summed E-state index contributed by atoms with van der Waals surface area (Å²) in [5.41, 5.74) is 1.13. The minimum Gasteiger partial charge on any atom is -0.326 e. The summed E-state index contributed by atoms with van der Waals surface area (Å²) in [6.07, 6.45) is 2.24. The summed E-state index contributed by atoms with van der Waals surface area (Å²) >= 11 is 1.53. The number of hydrogen-bond donors (Lipinski definition) is 3. The second-order valence-corrected chi connectivity index (χ2v) is 9.68. The van der Waals surface area contributed by atoms with E-state index in [4.69, 9.17) is 0 Å². The van der Waals surface area contributed by atoms with Crippen molar-refractivity contribution in [1.82, 2.24) is 4.72 Å². The fourth-order valence-corrected chi connectivity index (χ4v) is 4.21. The molecule has 2 rings (SSSR count). The molecule has 0 aliphatic rings. The van der Waals surface area contributed by atoms with Gasteiger partial charge in [-0.15, -0.1) is 0 Å². The first-order valence-corrected chi connectivity index (χ1v) is 12.4. The van der Waals surface area contributed by atoms with Crippen molar-refractivity contribution in [2.75, 3.05) is 22.6 Å². The number of nitrogens with one attached hydrogen (secondary N) is 3. The van der Waals surface area contributed by atoms with Gasteiger partial charge in [0, 0.05) is 17.3 Å². The molecule has 0 bridgehead atoms. The highest BCUT2D eigenvalue weighted by atomic mass is 32.2. The van der Waals surface area contributed by atoms with E-state index in [0.717, 1.165) is 0 Å².